The highest BCUT2D eigenvalue weighted by atomic mass is 35.5. The average Bonchev–Trinajstić information content (AvgIpc) is 2.76. The molecule has 2 heterocycles. The van der Waals surface area contributed by atoms with E-state index in [-0.39, 0.29) is 10.3 Å². The third kappa shape index (κ3) is 2.31. The first-order chi connectivity index (χ1) is 8.72. The van der Waals surface area contributed by atoms with Crippen molar-refractivity contribution in [2.75, 3.05) is 0 Å². The molecule has 0 amide bonds. The Morgan fingerprint density at radius 3 is 2.89 bits per heavy atom. The Bertz CT molecular complexity index is 683. The Balaban J connectivity index is 1.98. The molecule has 3 aromatic rings. The summed E-state index contributed by atoms with van der Waals surface area (Å²) >= 11 is 8.28. The predicted octanol–water partition coefficient (Wildman–Crippen LogP) is 4.03. The third-order valence-electron chi connectivity index (χ3n) is 2.14. The molecule has 0 saturated heterocycles. The molecule has 0 N–H and O–H groups in total. The number of aromatic nitrogens is 3. The van der Waals surface area contributed by atoms with Gasteiger partial charge in [-0.2, -0.15) is 0 Å². The monoisotopic (exact) mass is 297 g/mol. The van der Waals surface area contributed by atoms with Crippen LogP contribution in [0.1, 0.15) is 0 Å². The number of hydrogen-bond acceptors (Lipinski definition) is 5. The van der Waals surface area contributed by atoms with Gasteiger partial charge in [-0.3, -0.25) is 0 Å². The van der Waals surface area contributed by atoms with E-state index in [9.17, 15) is 4.39 Å². The quantitative estimate of drug-likeness (QED) is 0.529. The molecule has 0 aliphatic carbocycles. The summed E-state index contributed by atoms with van der Waals surface area (Å²) in [4.78, 5) is 11.8. The molecular weight excluding hydrogens is 293 g/mol. The standard InChI is InChI=1S/C11H5ClFN3S2/c12-10-14-5-6(13)9(16-10)18-11-15-7-3-1-2-4-8(7)17-11/h1-5H. The second-order valence-corrected chi connectivity index (χ2v) is 5.95. The van der Waals surface area contributed by atoms with Crippen molar-refractivity contribution in [3.05, 3.63) is 41.6 Å². The van der Waals surface area contributed by atoms with Crippen LogP contribution in [0.25, 0.3) is 10.2 Å². The molecule has 90 valence electrons. The molecular formula is C11H5ClFN3S2. The molecule has 3 rings (SSSR count). The summed E-state index contributed by atoms with van der Waals surface area (Å²) in [6.45, 7) is 0. The summed E-state index contributed by atoms with van der Waals surface area (Å²) in [5.74, 6) is -0.497. The highest BCUT2D eigenvalue weighted by Gasteiger charge is 2.11. The van der Waals surface area contributed by atoms with Gasteiger partial charge in [-0.1, -0.05) is 12.1 Å². The first-order valence-electron chi connectivity index (χ1n) is 4.94. The van der Waals surface area contributed by atoms with Crippen molar-refractivity contribution in [3.8, 4) is 0 Å². The van der Waals surface area contributed by atoms with Gasteiger partial charge in [0.25, 0.3) is 0 Å². The molecule has 7 heteroatoms. The summed E-state index contributed by atoms with van der Waals surface area (Å²) < 4.78 is 15.3. The van der Waals surface area contributed by atoms with Gasteiger partial charge in [-0.25, -0.2) is 19.3 Å². The van der Waals surface area contributed by atoms with Gasteiger partial charge in [0, 0.05) is 0 Å². The molecule has 1 aromatic carbocycles. The minimum atomic E-state index is -0.497. The SMILES string of the molecule is Fc1cnc(Cl)nc1Sc1nc2ccccc2s1. The lowest BCUT2D eigenvalue weighted by molar-refractivity contribution is 0.579. The molecule has 3 nitrogen and oxygen atoms in total. The topological polar surface area (TPSA) is 38.7 Å². The maximum atomic E-state index is 13.5. The molecule has 2 aromatic heterocycles. The molecule has 18 heavy (non-hydrogen) atoms. The van der Waals surface area contributed by atoms with Crippen molar-refractivity contribution in [2.45, 2.75) is 9.37 Å². The van der Waals surface area contributed by atoms with Crippen molar-refractivity contribution in [1.82, 2.24) is 15.0 Å². The lowest BCUT2D eigenvalue weighted by atomic mass is 10.3. The molecule has 0 saturated carbocycles. The summed E-state index contributed by atoms with van der Waals surface area (Å²) in [6, 6.07) is 7.75. The van der Waals surface area contributed by atoms with Gasteiger partial charge in [-0.05, 0) is 35.5 Å². The van der Waals surface area contributed by atoms with Crippen LogP contribution in [0.5, 0.6) is 0 Å². The number of hydrogen-bond donors (Lipinski definition) is 0. The zero-order valence-electron chi connectivity index (χ0n) is 8.80. The number of halogens is 2. The van der Waals surface area contributed by atoms with Crippen molar-refractivity contribution >= 4 is 44.9 Å². The van der Waals surface area contributed by atoms with Crippen LogP contribution in [0.2, 0.25) is 5.28 Å². The number of thiazole rings is 1. The van der Waals surface area contributed by atoms with Crippen LogP contribution in [0, 0.1) is 5.82 Å². The highest BCUT2D eigenvalue weighted by molar-refractivity contribution is 8.01. The zero-order chi connectivity index (χ0) is 12.5. The fourth-order valence-corrected chi connectivity index (χ4v) is 3.53. The minimum Gasteiger partial charge on any atom is -0.229 e. The number of fused-ring (bicyclic) bond motifs is 1. The first-order valence-corrected chi connectivity index (χ1v) is 6.95. The Morgan fingerprint density at radius 2 is 2.06 bits per heavy atom. The van der Waals surface area contributed by atoms with E-state index < -0.39 is 5.82 Å². The number of para-hydroxylation sites is 1. The molecule has 0 fully saturated rings. The van der Waals surface area contributed by atoms with Crippen LogP contribution in [0.3, 0.4) is 0 Å². The van der Waals surface area contributed by atoms with Crippen molar-refractivity contribution in [2.24, 2.45) is 0 Å². The molecule has 0 bridgehead atoms. The van der Waals surface area contributed by atoms with E-state index in [2.05, 4.69) is 15.0 Å². The highest BCUT2D eigenvalue weighted by Crippen LogP contribution is 2.34. The Labute approximate surface area is 115 Å². The first kappa shape index (κ1) is 11.8. The van der Waals surface area contributed by atoms with Crippen LogP contribution in [-0.2, 0) is 0 Å². The lowest BCUT2D eigenvalue weighted by Crippen LogP contribution is -1.89. The second-order valence-electron chi connectivity index (χ2n) is 3.34. The van der Waals surface area contributed by atoms with Gasteiger partial charge in [0.2, 0.25) is 5.28 Å². The normalized spacial score (nSPS) is 11.0. The van der Waals surface area contributed by atoms with Gasteiger partial charge in [0.15, 0.2) is 10.2 Å². The largest absolute Gasteiger partial charge is 0.229 e. The van der Waals surface area contributed by atoms with E-state index in [4.69, 9.17) is 11.6 Å². The van der Waals surface area contributed by atoms with E-state index in [0.29, 0.717) is 0 Å². The molecule has 0 unspecified atom stereocenters. The van der Waals surface area contributed by atoms with Gasteiger partial charge >= 0.3 is 0 Å². The van der Waals surface area contributed by atoms with Crippen molar-refractivity contribution < 1.29 is 4.39 Å². The van der Waals surface area contributed by atoms with E-state index >= 15 is 0 Å². The van der Waals surface area contributed by atoms with E-state index in [1.807, 2.05) is 24.3 Å². The van der Waals surface area contributed by atoms with E-state index in [1.165, 1.54) is 11.3 Å². The average molecular weight is 298 g/mol. The third-order valence-corrected chi connectivity index (χ3v) is 4.40. The van der Waals surface area contributed by atoms with Crippen LogP contribution in [-0.4, -0.2) is 15.0 Å². The maximum Gasteiger partial charge on any atom is 0.223 e. The Kier molecular flexibility index (Phi) is 3.15. The fourth-order valence-electron chi connectivity index (χ4n) is 1.38. The van der Waals surface area contributed by atoms with Crippen LogP contribution < -0.4 is 0 Å². The number of benzene rings is 1. The number of nitrogens with zero attached hydrogens (tertiary/aromatic N) is 3. The molecule has 0 radical (unpaired) electrons. The van der Waals surface area contributed by atoms with Crippen LogP contribution in [0.4, 0.5) is 4.39 Å². The minimum absolute atomic E-state index is 0.0278. The van der Waals surface area contributed by atoms with Gasteiger partial charge < -0.3 is 0 Å². The van der Waals surface area contributed by atoms with Gasteiger partial charge in [-0.15, -0.1) is 11.3 Å². The summed E-state index contributed by atoms with van der Waals surface area (Å²) in [7, 11) is 0. The predicted molar refractivity (Wildman–Crippen MR) is 70.7 cm³/mol. The van der Waals surface area contributed by atoms with Gasteiger partial charge in [0.05, 0.1) is 16.4 Å². The lowest BCUT2D eigenvalue weighted by Gasteiger charge is -1.98. The van der Waals surface area contributed by atoms with Crippen molar-refractivity contribution in [1.29, 1.82) is 0 Å². The zero-order valence-corrected chi connectivity index (χ0v) is 11.2. The summed E-state index contributed by atoms with van der Waals surface area (Å²) in [6.07, 6.45) is 1.06. The second kappa shape index (κ2) is 4.79. The molecule has 0 spiro atoms. The fraction of sp³-hybridized carbons (Fsp3) is 0. The van der Waals surface area contributed by atoms with Crippen LogP contribution in [0.15, 0.2) is 39.8 Å². The smallest absolute Gasteiger partial charge is 0.223 e. The Hall–Kier alpha value is -1.24. The summed E-state index contributed by atoms with van der Waals surface area (Å²) in [5.41, 5.74) is 0.894. The van der Waals surface area contributed by atoms with E-state index in [1.54, 1.807) is 0 Å². The maximum absolute atomic E-state index is 13.5. The van der Waals surface area contributed by atoms with Crippen molar-refractivity contribution in [3.63, 3.8) is 0 Å². The molecule has 0 atom stereocenters. The Morgan fingerprint density at radius 1 is 1.22 bits per heavy atom. The summed E-state index contributed by atoms with van der Waals surface area (Å²) in [5, 5.41) is 0.217. The van der Waals surface area contributed by atoms with E-state index in [0.717, 1.165) is 32.5 Å². The van der Waals surface area contributed by atoms with Gasteiger partial charge in [0.1, 0.15) is 5.03 Å². The number of rotatable bonds is 2. The molecule has 0 aliphatic rings. The van der Waals surface area contributed by atoms with Crippen LogP contribution >= 0.6 is 34.7 Å². The molecule has 0 aliphatic heterocycles.